The predicted molar refractivity (Wildman–Crippen MR) is 148 cm³/mol. The molecule has 1 amide bonds. The average Bonchev–Trinajstić information content (AvgIpc) is 3.56. The fourth-order valence-electron chi connectivity index (χ4n) is 4.46. The number of carbonyl (C=O) groups excluding carboxylic acids is 1. The normalized spacial score (nSPS) is 11.4. The molecule has 0 aliphatic rings. The number of nitrogens with zero attached hydrogens (tertiary/aromatic N) is 4. The Morgan fingerprint density at radius 2 is 1.87 bits per heavy atom. The molecule has 6 aromatic rings. The number of halogens is 1. The number of methoxy groups -OCH3 is 1. The van der Waals surface area contributed by atoms with Gasteiger partial charge in [-0.1, -0.05) is 13.8 Å². The van der Waals surface area contributed by atoms with Crippen molar-refractivity contribution >= 4 is 33.5 Å². The molecule has 0 saturated carbocycles. The molecule has 5 aromatic heterocycles. The number of hydrogen-bond acceptors (Lipinski definition) is 6. The van der Waals surface area contributed by atoms with Gasteiger partial charge in [0.05, 0.1) is 42.1 Å². The number of amides is 1. The zero-order valence-electron chi connectivity index (χ0n) is 21.4. The van der Waals surface area contributed by atoms with E-state index in [1.807, 2.05) is 38.1 Å². The van der Waals surface area contributed by atoms with E-state index in [0.29, 0.717) is 34.0 Å². The van der Waals surface area contributed by atoms with E-state index in [1.165, 1.54) is 19.2 Å². The highest BCUT2D eigenvalue weighted by molar-refractivity contribution is 6.00. The fraction of sp³-hybridized carbons (Fsp3) is 0.138. The minimum atomic E-state index is -0.384. The molecular formula is C29H24FN7O2. The van der Waals surface area contributed by atoms with Crippen LogP contribution < -0.4 is 10.1 Å². The maximum absolute atomic E-state index is 14.3. The molecule has 3 N–H and O–H groups in total. The van der Waals surface area contributed by atoms with Gasteiger partial charge in [-0.05, 0) is 47.5 Å². The largest absolute Gasteiger partial charge is 0.497 e. The van der Waals surface area contributed by atoms with Crippen molar-refractivity contribution in [2.75, 3.05) is 12.4 Å². The summed E-state index contributed by atoms with van der Waals surface area (Å²) in [5.41, 5.74) is 6.37. The Bertz CT molecular complexity index is 1860. The lowest BCUT2D eigenvalue weighted by molar-refractivity contribution is -0.118. The lowest BCUT2D eigenvalue weighted by Gasteiger charge is -2.08. The number of anilines is 1. The Balaban J connectivity index is 1.41. The van der Waals surface area contributed by atoms with E-state index >= 15 is 0 Å². The number of pyridine rings is 3. The van der Waals surface area contributed by atoms with Gasteiger partial charge in [-0.25, -0.2) is 9.37 Å². The summed E-state index contributed by atoms with van der Waals surface area (Å²) < 4.78 is 19.5. The summed E-state index contributed by atoms with van der Waals surface area (Å²) in [4.78, 5) is 28.8. The molecule has 0 radical (unpaired) electrons. The second-order valence-corrected chi connectivity index (χ2v) is 9.48. The second kappa shape index (κ2) is 9.64. The van der Waals surface area contributed by atoms with Crippen LogP contribution in [0.2, 0.25) is 0 Å². The number of aromatic nitrogens is 6. The predicted octanol–water partition coefficient (Wildman–Crippen LogP) is 5.97. The molecule has 10 heteroatoms. The molecule has 1 aromatic carbocycles. The highest BCUT2D eigenvalue weighted by Crippen LogP contribution is 2.35. The van der Waals surface area contributed by atoms with Crippen molar-refractivity contribution in [2.24, 2.45) is 5.92 Å². The number of nitrogens with one attached hydrogen (secondary N) is 3. The molecular weight excluding hydrogens is 497 g/mol. The van der Waals surface area contributed by atoms with Crippen molar-refractivity contribution in [1.29, 1.82) is 0 Å². The van der Waals surface area contributed by atoms with Gasteiger partial charge < -0.3 is 15.0 Å². The van der Waals surface area contributed by atoms with Crippen LogP contribution >= 0.6 is 0 Å². The standard InChI is InChI=1S/C29H24FN7O2/c1-15(2)29(38)34-19-7-17(12-31-13-19)24-11-23-26(14-33-24)36-37-27(23)25-10-22-21(4-5-32-28(22)35-25)16-6-18(30)9-20(8-16)39-3/h4-15H,1-3H3,(H,32,35)(H,34,38)(H,36,37). The molecule has 5 heterocycles. The summed E-state index contributed by atoms with van der Waals surface area (Å²) in [6, 6.07) is 12.2. The number of rotatable bonds is 6. The topological polar surface area (TPSA) is 121 Å². The van der Waals surface area contributed by atoms with Gasteiger partial charge >= 0.3 is 0 Å². The van der Waals surface area contributed by atoms with E-state index in [-0.39, 0.29) is 17.6 Å². The van der Waals surface area contributed by atoms with Crippen LogP contribution in [0, 0.1) is 11.7 Å². The second-order valence-electron chi connectivity index (χ2n) is 9.48. The zero-order chi connectivity index (χ0) is 27.1. The zero-order valence-corrected chi connectivity index (χ0v) is 21.4. The van der Waals surface area contributed by atoms with E-state index in [1.54, 1.807) is 30.9 Å². The quantitative estimate of drug-likeness (QED) is 0.248. The lowest BCUT2D eigenvalue weighted by Crippen LogP contribution is -2.17. The Hall–Kier alpha value is -5.12. The number of carbonyl (C=O) groups is 1. The van der Waals surface area contributed by atoms with Crippen molar-refractivity contribution in [2.45, 2.75) is 13.8 Å². The summed E-state index contributed by atoms with van der Waals surface area (Å²) >= 11 is 0. The van der Waals surface area contributed by atoms with Crippen LogP contribution in [-0.4, -0.2) is 43.2 Å². The average molecular weight is 522 g/mol. The number of aromatic amines is 2. The number of benzene rings is 1. The fourth-order valence-corrected chi connectivity index (χ4v) is 4.46. The van der Waals surface area contributed by atoms with Crippen LogP contribution in [0.25, 0.3) is 55.7 Å². The molecule has 0 aliphatic carbocycles. The minimum absolute atomic E-state index is 0.0852. The maximum atomic E-state index is 14.3. The first-order valence-corrected chi connectivity index (χ1v) is 12.3. The first kappa shape index (κ1) is 24.2. The van der Waals surface area contributed by atoms with Crippen LogP contribution in [0.4, 0.5) is 10.1 Å². The first-order valence-electron chi connectivity index (χ1n) is 12.3. The van der Waals surface area contributed by atoms with E-state index in [4.69, 9.17) is 4.74 Å². The van der Waals surface area contributed by atoms with Gasteiger partial charge in [0.1, 0.15) is 22.9 Å². The molecule has 0 unspecified atom stereocenters. The van der Waals surface area contributed by atoms with E-state index in [0.717, 1.165) is 33.1 Å². The molecule has 0 bridgehead atoms. The van der Waals surface area contributed by atoms with Gasteiger partial charge in [0.2, 0.25) is 5.91 Å². The third-order valence-electron chi connectivity index (χ3n) is 6.48. The number of H-pyrrole nitrogens is 2. The van der Waals surface area contributed by atoms with Crippen molar-refractivity contribution in [3.8, 4) is 39.5 Å². The third-order valence-corrected chi connectivity index (χ3v) is 6.48. The molecule has 0 fully saturated rings. The summed E-state index contributed by atoms with van der Waals surface area (Å²) in [7, 11) is 1.51. The van der Waals surface area contributed by atoms with Crippen LogP contribution in [0.1, 0.15) is 13.8 Å². The number of hydrogen-bond donors (Lipinski definition) is 3. The molecule has 6 rings (SSSR count). The number of ether oxygens (including phenoxy) is 1. The van der Waals surface area contributed by atoms with Crippen LogP contribution in [-0.2, 0) is 4.79 Å². The highest BCUT2D eigenvalue weighted by Gasteiger charge is 2.17. The molecule has 0 atom stereocenters. The summed E-state index contributed by atoms with van der Waals surface area (Å²) in [5, 5.41) is 12.1. The SMILES string of the molecule is COc1cc(F)cc(-c2ccnc3[nH]c(-c4n[nH]c5cnc(-c6cncc(NC(=O)C(C)C)c6)cc45)cc23)c1. The summed E-state index contributed by atoms with van der Waals surface area (Å²) in [5.74, 6) is -0.180. The van der Waals surface area contributed by atoms with Gasteiger partial charge in [-0.3, -0.25) is 19.9 Å². The van der Waals surface area contributed by atoms with Crippen LogP contribution in [0.3, 0.4) is 0 Å². The van der Waals surface area contributed by atoms with Gasteiger partial charge in [0.25, 0.3) is 0 Å². The van der Waals surface area contributed by atoms with Gasteiger partial charge in [-0.15, -0.1) is 0 Å². The van der Waals surface area contributed by atoms with E-state index < -0.39 is 0 Å². The molecule has 39 heavy (non-hydrogen) atoms. The van der Waals surface area contributed by atoms with Crippen molar-refractivity contribution in [1.82, 2.24) is 30.1 Å². The molecule has 9 nitrogen and oxygen atoms in total. The first-order chi connectivity index (χ1) is 18.9. The smallest absolute Gasteiger partial charge is 0.226 e. The Kier molecular flexibility index (Phi) is 5.99. The third kappa shape index (κ3) is 4.56. The van der Waals surface area contributed by atoms with E-state index in [2.05, 4.69) is 35.5 Å². The van der Waals surface area contributed by atoms with Gasteiger partial charge in [0, 0.05) is 40.7 Å². The van der Waals surface area contributed by atoms with Gasteiger partial charge in [0.15, 0.2) is 0 Å². The Labute approximate surface area is 222 Å². The highest BCUT2D eigenvalue weighted by atomic mass is 19.1. The monoisotopic (exact) mass is 521 g/mol. The number of fused-ring (bicyclic) bond motifs is 2. The molecule has 0 spiro atoms. The molecule has 194 valence electrons. The summed E-state index contributed by atoms with van der Waals surface area (Å²) in [6.45, 7) is 3.67. The van der Waals surface area contributed by atoms with E-state index in [9.17, 15) is 9.18 Å². The Morgan fingerprint density at radius 1 is 1.00 bits per heavy atom. The Morgan fingerprint density at radius 3 is 2.69 bits per heavy atom. The van der Waals surface area contributed by atoms with Crippen molar-refractivity contribution in [3.05, 3.63) is 73.1 Å². The van der Waals surface area contributed by atoms with Crippen molar-refractivity contribution < 1.29 is 13.9 Å². The van der Waals surface area contributed by atoms with Crippen LogP contribution in [0.5, 0.6) is 5.75 Å². The summed E-state index contributed by atoms with van der Waals surface area (Å²) in [6.07, 6.45) is 6.70. The molecule has 0 saturated heterocycles. The van der Waals surface area contributed by atoms with Crippen molar-refractivity contribution in [3.63, 3.8) is 0 Å². The van der Waals surface area contributed by atoms with Gasteiger partial charge in [-0.2, -0.15) is 5.10 Å². The molecule has 0 aliphatic heterocycles. The van der Waals surface area contributed by atoms with Crippen LogP contribution in [0.15, 0.2) is 67.3 Å². The lowest BCUT2D eigenvalue weighted by atomic mass is 10.0. The minimum Gasteiger partial charge on any atom is -0.497 e. The maximum Gasteiger partial charge on any atom is 0.226 e.